The first-order valence-corrected chi connectivity index (χ1v) is 10.4. The Kier molecular flexibility index (Phi) is 7.70. The van der Waals surface area contributed by atoms with Gasteiger partial charge in [-0.2, -0.15) is 0 Å². The summed E-state index contributed by atoms with van der Waals surface area (Å²) < 4.78 is 10.8. The molecule has 2 N–H and O–H groups in total. The van der Waals surface area contributed by atoms with Gasteiger partial charge in [-0.25, -0.2) is 9.78 Å². The quantitative estimate of drug-likeness (QED) is 0.135. The summed E-state index contributed by atoms with van der Waals surface area (Å²) in [6.45, 7) is 3.65. The lowest BCUT2D eigenvalue weighted by Gasteiger charge is -2.13. The van der Waals surface area contributed by atoms with Gasteiger partial charge in [0.15, 0.2) is 17.3 Å². The molecule has 0 spiro atoms. The lowest BCUT2D eigenvalue weighted by Crippen LogP contribution is -2.02. The number of benzene rings is 2. The van der Waals surface area contributed by atoms with Crippen molar-refractivity contribution in [3.63, 3.8) is 0 Å². The summed E-state index contributed by atoms with van der Waals surface area (Å²) in [5.74, 6) is -0.641. The molecular formula is C21H17ClN4O6S. The Bertz CT molecular complexity index is 1230. The van der Waals surface area contributed by atoms with Gasteiger partial charge in [0.05, 0.1) is 18.1 Å². The third-order valence-electron chi connectivity index (χ3n) is 4.13. The SMILES string of the molecule is C=CCOc1c(/C=C(/Sc2n[nH]c(-c3ccc(Cl)cc3)n2)C(=O)O)cc([N+](=O)[O-])cc1OC. The Morgan fingerprint density at radius 3 is 2.70 bits per heavy atom. The van der Waals surface area contributed by atoms with E-state index in [1.165, 1.54) is 31.4 Å². The average molecular weight is 489 g/mol. The summed E-state index contributed by atoms with van der Waals surface area (Å²) >= 11 is 6.66. The molecule has 0 unspecified atom stereocenters. The molecule has 1 aromatic heterocycles. The molecule has 2 aromatic carbocycles. The van der Waals surface area contributed by atoms with Crippen molar-refractivity contribution in [1.29, 1.82) is 0 Å². The second-order valence-electron chi connectivity index (χ2n) is 6.31. The number of aromatic amines is 1. The van der Waals surface area contributed by atoms with Crippen LogP contribution in [-0.2, 0) is 4.79 Å². The number of non-ortho nitro benzene ring substituents is 1. The lowest BCUT2D eigenvalue weighted by atomic mass is 10.1. The van der Waals surface area contributed by atoms with Crippen LogP contribution >= 0.6 is 23.4 Å². The molecule has 0 bridgehead atoms. The number of halogens is 1. The highest BCUT2D eigenvalue weighted by Crippen LogP contribution is 2.38. The lowest BCUT2D eigenvalue weighted by molar-refractivity contribution is -0.385. The zero-order chi connectivity index (χ0) is 24.0. The molecule has 33 heavy (non-hydrogen) atoms. The van der Waals surface area contributed by atoms with E-state index in [9.17, 15) is 20.0 Å². The highest BCUT2D eigenvalue weighted by atomic mass is 35.5. The van der Waals surface area contributed by atoms with Gasteiger partial charge >= 0.3 is 5.97 Å². The summed E-state index contributed by atoms with van der Waals surface area (Å²) in [6.07, 6.45) is 2.71. The summed E-state index contributed by atoms with van der Waals surface area (Å²) in [5, 5.41) is 28.5. The van der Waals surface area contributed by atoms with Crippen LogP contribution in [0.4, 0.5) is 5.69 Å². The van der Waals surface area contributed by atoms with E-state index in [0.717, 1.165) is 11.8 Å². The number of nitrogens with one attached hydrogen (secondary N) is 1. The van der Waals surface area contributed by atoms with E-state index in [1.807, 2.05) is 0 Å². The maximum absolute atomic E-state index is 11.9. The van der Waals surface area contributed by atoms with Crippen LogP contribution in [0.3, 0.4) is 0 Å². The number of carboxylic acid groups (broad SMARTS) is 1. The summed E-state index contributed by atoms with van der Waals surface area (Å²) in [6, 6.07) is 9.25. The van der Waals surface area contributed by atoms with E-state index in [4.69, 9.17) is 21.1 Å². The fraction of sp³-hybridized carbons (Fsp3) is 0.0952. The maximum Gasteiger partial charge on any atom is 0.342 e. The van der Waals surface area contributed by atoms with E-state index >= 15 is 0 Å². The van der Waals surface area contributed by atoms with Crippen LogP contribution in [0.15, 0.2) is 59.1 Å². The molecule has 0 saturated carbocycles. The molecule has 0 atom stereocenters. The van der Waals surface area contributed by atoms with E-state index in [-0.39, 0.29) is 39.4 Å². The molecule has 0 aliphatic heterocycles. The van der Waals surface area contributed by atoms with Gasteiger partial charge in [0.25, 0.3) is 5.69 Å². The van der Waals surface area contributed by atoms with Crippen molar-refractivity contribution < 1.29 is 24.3 Å². The molecule has 0 amide bonds. The predicted molar refractivity (Wildman–Crippen MR) is 124 cm³/mol. The Labute approximate surface area is 197 Å². The largest absolute Gasteiger partial charge is 0.493 e. The average Bonchev–Trinajstić information content (AvgIpc) is 3.26. The fourth-order valence-corrected chi connectivity index (χ4v) is 3.50. The Hall–Kier alpha value is -3.83. The van der Waals surface area contributed by atoms with Crippen molar-refractivity contribution in [3.05, 3.63) is 74.7 Å². The van der Waals surface area contributed by atoms with Crippen LogP contribution in [0.1, 0.15) is 5.56 Å². The minimum Gasteiger partial charge on any atom is -0.493 e. The van der Waals surface area contributed by atoms with Crippen LogP contribution in [-0.4, -0.2) is 44.9 Å². The van der Waals surface area contributed by atoms with Crippen LogP contribution in [0, 0.1) is 10.1 Å². The summed E-state index contributed by atoms with van der Waals surface area (Å²) in [4.78, 5) is 26.8. The number of carbonyl (C=O) groups is 1. The van der Waals surface area contributed by atoms with E-state index in [2.05, 4.69) is 21.8 Å². The molecule has 1 heterocycles. The Morgan fingerprint density at radius 2 is 2.09 bits per heavy atom. The number of ether oxygens (including phenoxy) is 2. The topological polar surface area (TPSA) is 140 Å². The number of H-pyrrole nitrogens is 1. The molecule has 3 rings (SSSR count). The van der Waals surface area contributed by atoms with Crippen molar-refractivity contribution in [3.8, 4) is 22.9 Å². The smallest absolute Gasteiger partial charge is 0.342 e. The van der Waals surface area contributed by atoms with Crippen molar-refractivity contribution in [2.24, 2.45) is 0 Å². The standard InChI is InChI=1S/C21H17ClN4O6S/c1-3-8-32-18-13(9-15(26(29)30)11-16(18)31-2)10-17(20(27)28)33-21-23-19(24-25-21)12-4-6-14(22)7-5-12/h3-7,9-11H,1,8H2,2H3,(H,27,28)(H,23,24,25)/b17-10+. The highest BCUT2D eigenvalue weighted by Gasteiger charge is 2.21. The monoisotopic (exact) mass is 488 g/mol. The molecule has 0 radical (unpaired) electrons. The molecular weight excluding hydrogens is 472 g/mol. The molecule has 0 aliphatic rings. The number of carboxylic acids is 1. The normalized spacial score (nSPS) is 11.2. The number of methoxy groups -OCH3 is 1. The number of thioether (sulfide) groups is 1. The number of aliphatic carboxylic acids is 1. The second-order valence-corrected chi connectivity index (χ2v) is 7.76. The van der Waals surface area contributed by atoms with Gasteiger partial charge in [0, 0.05) is 22.2 Å². The Balaban J connectivity index is 2.00. The molecule has 0 fully saturated rings. The third kappa shape index (κ3) is 5.90. The van der Waals surface area contributed by atoms with Gasteiger partial charge in [-0.3, -0.25) is 15.2 Å². The predicted octanol–water partition coefficient (Wildman–Crippen LogP) is 4.82. The van der Waals surface area contributed by atoms with E-state index in [0.29, 0.717) is 16.4 Å². The molecule has 10 nitrogen and oxygen atoms in total. The maximum atomic E-state index is 11.9. The number of aromatic nitrogens is 3. The number of nitro groups is 1. The number of rotatable bonds is 10. The summed E-state index contributed by atoms with van der Waals surface area (Å²) in [5.41, 5.74) is 0.561. The first-order valence-electron chi connectivity index (χ1n) is 9.23. The first-order chi connectivity index (χ1) is 15.8. The van der Waals surface area contributed by atoms with Crippen LogP contribution in [0.25, 0.3) is 17.5 Å². The van der Waals surface area contributed by atoms with E-state index in [1.54, 1.807) is 24.3 Å². The molecule has 170 valence electrons. The number of hydrogen-bond donors (Lipinski definition) is 2. The highest BCUT2D eigenvalue weighted by molar-refractivity contribution is 8.04. The van der Waals surface area contributed by atoms with Crippen LogP contribution in [0.5, 0.6) is 11.5 Å². The van der Waals surface area contributed by atoms with Gasteiger partial charge in [-0.1, -0.05) is 24.3 Å². The third-order valence-corrected chi connectivity index (χ3v) is 5.26. The van der Waals surface area contributed by atoms with Gasteiger partial charge in [-0.15, -0.1) is 5.10 Å². The van der Waals surface area contributed by atoms with Gasteiger partial charge < -0.3 is 14.6 Å². The number of nitrogens with zero attached hydrogens (tertiary/aromatic N) is 3. The van der Waals surface area contributed by atoms with E-state index < -0.39 is 10.9 Å². The van der Waals surface area contributed by atoms with Gasteiger partial charge in [-0.05, 0) is 42.1 Å². The van der Waals surface area contributed by atoms with Crippen molar-refractivity contribution in [2.75, 3.05) is 13.7 Å². The molecule has 0 saturated heterocycles. The molecule has 0 aliphatic carbocycles. The van der Waals surface area contributed by atoms with Crippen LogP contribution in [0.2, 0.25) is 5.02 Å². The minimum atomic E-state index is -1.28. The summed E-state index contributed by atoms with van der Waals surface area (Å²) in [7, 11) is 1.33. The second kappa shape index (κ2) is 10.7. The van der Waals surface area contributed by atoms with Gasteiger partial charge in [0.2, 0.25) is 5.16 Å². The minimum absolute atomic E-state index is 0.0787. The fourth-order valence-electron chi connectivity index (χ4n) is 2.67. The zero-order valence-corrected chi connectivity index (χ0v) is 18.7. The number of nitro benzene ring substituents is 1. The van der Waals surface area contributed by atoms with Gasteiger partial charge in [0.1, 0.15) is 11.5 Å². The zero-order valence-electron chi connectivity index (χ0n) is 17.1. The molecule has 3 aromatic rings. The van der Waals surface area contributed by atoms with Crippen molar-refractivity contribution >= 4 is 41.1 Å². The Morgan fingerprint density at radius 1 is 1.36 bits per heavy atom. The number of hydrogen-bond acceptors (Lipinski definition) is 8. The first kappa shape index (κ1) is 23.8. The van der Waals surface area contributed by atoms with Crippen LogP contribution < -0.4 is 9.47 Å². The van der Waals surface area contributed by atoms with Crippen molar-refractivity contribution in [2.45, 2.75) is 5.16 Å². The molecule has 12 heteroatoms. The van der Waals surface area contributed by atoms with Crippen molar-refractivity contribution in [1.82, 2.24) is 15.2 Å².